The fourth-order valence-electron chi connectivity index (χ4n) is 3.84. The third-order valence-corrected chi connectivity index (χ3v) is 7.49. The number of carbonyl (C=O) groups excluding carboxylic acids is 1. The fourth-order valence-corrected chi connectivity index (χ4v) is 5.55. The lowest BCUT2D eigenvalue weighted by Crippen LogP contribution is -2.41. The van der Waals surface area contributed by atoms with Gasteiger partial charge in [0, 0.05) is 21.7 Å². The monoisotopic (exact) mass is 450 g/mol. The van der Waals surface area contributed by atoms with Gasteiger partial charge in [-0.05, 0) is 63.0 Å². The van der Waals surface area contributed by atoms with E-state index in [4.69, 9.17) is 27.6 Å². The summed E-state index contributed by atoms with van der Waals surface area (Å²) in [5, 5.41) is 5.06. The number of halogens is 2. The average Bonchev–Trinajstić information content (AvgIpc) is 3.26. The second kappa shape index (κ2) is 8.68. The smallest absolute Gasteiger partial charge is 0.263 e. The molecule has 1 aliphatic rings. The van der Waals surface area contributed by atoms with Gasteiger partial charge in [0.15, 0.2) is 0 Å². The van der Waals surface area contributed by atoms with Crippen LogP contribution in [0, 0.1) is 12.8 Å². The predicted octanol–water partition coefficient (Wildman–Crippen LogP) is 6.31. The van der Waals surface area contributed by atoms with Crippen LogP contribution in [0.15, 0.2) is 34.7 Å². The standard InChI is InChI=1S/C22H24Cl2N2O2S/c1-13-7-9-26(10-8-13)17(18-6-3-14(2)28-18)12-25-22(27)21-20(24)16-5-4-15(23)11-19(16)29-21/h3-6,11,13,17H,7-10,12H2,1-2H3,(H,25,27)/t17-/m1/s1. The van der Waals surface area contributed by atoms with Crippen LogP contribution in [0.3, 0.4) is 0 Å². The van der Waals surface area contributed by atoms with Crippen molar-refractivity contribution in [3.63, 3.8) is 0 Å². The maximum atomic E-state index is 12.9. The Labute approximate surface area is 184 Å². The highest BCUT2D eigenvalue weighted by atomic mass is 35.5. The Hall–Kier alpha value is -1.53. The molecule has 3 heterocycles. The van der Waals surface area contributed by atoms with Gasteiger partial charge in [-0.25, -0.2) is 0 Å². The minimum Gasteiger partial charge on any atom is -0.465 e. The van der Waals surface area contributed by atoms with Crippen molar-refractivity contribution in [2.75, 3.05) is 19.6 Å². The van der Waals surface area contributed by atoms with Crippen LogP contribution in [-0.4, -0.2) is 30.4 Å². The van der Waals surface area contributed by atoms with Gasteiger partial charge in [0.25, 0.3) is 5.91 Å². The van der Waals surface area contributed by atoms with Gasteiger partial charge in [0.1, 0.15) is 16.4 Å². The van der Waals surface area contributed by atoms with Crippen LogP contribution in [-0.2, 0) is 0 Å². The second-order valence-corrected chi connectivity index (χ2v) is 9.64. The number of rotatable bonds is 5. The summed E-state index contributed by atoms with van der Waals surface area (Å²) in [6, 6.07) is 9.49. The van der Waals surface area contributed by atoms with Crippen molar-refractivity contribution in [2.24, 2.45) is 5.92 Å². The number of carbonyl (C=O) groups is 1. The largest absolute Gasteiger partial charge is 0.465 e. The number of aryl methyl sites for hydroxylation is 1. The fraction of sp³-hybridized carbons (Fsp3) is 0.409. The first-order chi connectivity index (χ1) is 13.9. The van der Waals surface area contributed by atoms with E-state index in [9.17, 15) is 4.79 Å². The minimum absolute atomic E-state index is 0.0164. The summed E-state index contributed by atoms with van der Waals surface area (Å²) in [4.78, 5) is 15.9. The number of hydrogen-bond donors (Lipinski definition) is 1. The van der Waals surface area contributed by atoms with E-state index in [1.807, 2.05) is 31.2 Å². The zero-order chi connectivity index (χ0) is 20.5. The van der Waals surface area contributed by atoms with Crippen LogP contribution in [0.25, 0.3) is 10.1 Å². The molecule has 154 valence electrons. The summed E-state index contributed by atoms with van der Waals surface area (Å²) in [7, 11) is 0. The molecule has 4 rings (SSSR count). The molecular formula is C22H24Cl2N2O2S. The van der Waals surface area contributed by atoms with Crippen molar-refractivity contribution < 1.29 is 9.21 Å². The second-order valence-electron chi connectivity index (χ2n) is 7.78. The van der Waals surface area contributed by atoms with Crippen LogP contribution >= 0.6 is 34.5 Å². The molecule has 3 aromatic rings. The van der Waals surface area contributed by atoms with Crippen molar-refractivity contribution in [3.8, 4) is 0 Å². The van der Waals surface area contributed by atoms with E-state index < -0.39 is 0 Å². The van der Waals surface area contributed by atoms with Crippen molar-refractivity contribution in [1.82, 2.24) is 10.2 Å². The Balaban J connectivity index is 1.52. The van der Waals surface area contributed by atoms with E-state index in [1.165, 1.54) is 11.3 Å². The zero-order valence-electron chi connectivity index (χ0n) is 16.5. The molecule has 1 atom stereocenters. The summed E-state index contributed by atoms with van der Waals surface area (Å²) in [5.74, 6) is 2.35. The van der Waals surface area contributed by atoms with Gasteiger partial charge in [-0.1, -0.05) is 36.2 Å². The van der Waals surface area contributed by atoms with Gasteiger partial charge >= 0.3 is 0 Å². The van der Waals surface area contributed by atoms with E-state index in [0.717, 1.165) is 53.5 Å². The van der Waals surface area contributed by atoms with Gasteiger partial charge in [0.2, 0.25) is 0 Å². The van der Waals surface area contributed by atoms with Crippen molar-refractivity contribution in [1.29, 1.82) is 0 Å². The van der Waals surface area contributed by atoms with E-state index in [0.29, 0.717) is 21.5 Å². The highest BCUT2D eigenvalue weighted by Crippen LogP contribution is 2.37. The summed E-state index contributed by atoms with van der Waals surface area (Å²) in [5.41, 5.74) is 0. The van der Waals surface area contributed by atoms with Gasteiger partial charge in [-0.3, -0.25) is 9.69 Å². The normalized spacial score (nSPS) is 17.0. The first-order valence-electron chi connectivity index (χ1n) is 9.88. The van der Waals surface area contributed by atoms with E-state index in [2.05, 4.69) is 17.1 Å². The number of benzene rings is 1. The van der Waals surface area contributed by atoms with Gasteiger partial charge in [0.05, 0.1) is 11.1 Å². The highest BCUT2D eigenvalue weighted by Gasteiger charge is 2.28. The Kier molecular flexibility index (Phi) is 6.21. The molecule has 0 radical (unpaired) electrons. The third kappa shape index (κ3) is 4.48. The molecule has 1 amide bonds. The molecule has 0 unspecified atom stereocenters. The number of hydrogen-bond acceptors (Lipinski definition) is 4. The van der Waals surface area contributed by atoms with Crippen molar-refractivity contribution >= 4 is 50.5 Å². The van der Waals surface area contributed by atoms with Crippen LogP contribution < -0.4 is 5.32 Å². The zero-order valence-corrected chi connectivity index (χ0v) is 18.8. The number of nitrogens with one attached hydrogen (secondary N) is 1. The number of likely N-dealkylation sites (tertiary alicyclic amines) is 1. The number of furan rings is 1. The minimum atomic E-state index is -0.161. The van der Waals surface area contributed by atoms with E-state index >= 15 is 0 Å². The molecule has 0 aliphatic carbocycles. The molecule has 0 spiro atoms. The lowest BCUT2D eigenvalue weighted by Gasteiger charge is -2.35. The molecule has 1 N–H and O–H groups in total. The predicted molar refractivity (Wildman–Crippen MR) is 120 cm³/mol. The number of piperidine rings is 1. The maximum Gasteiger partial charge on any atom is 0.263 e. The Bertz CT molecular complexity index is 1020. The van der Waals surface area contributed by atoms with Gasteiger partial charge in [-0.2, -0.15) is 0 Å². The van der Waals surface area contributed by atoms with Crippen LogP contribution in [0.5, 0.6) is 0 Å². The van der Waals surface area contributed by atoms with Crippen LogP contribution in [0.2, 0.25) is 10.0 Å². The maximum absolute atomic E-state index is 12.9. The number of thiophene rings is 1. The molecule has 29 heavy (non-hydrogen) atoms. The summed E-state index contributed by atoms with van der Waals surface area (Å²) >= 11 is 13.9. The molecule has 1 saturated heterocycles. The van der Waals surface area contributed by atoms with Crippen LogP contribution in [0.1, 0.15) is 47.0 Å². The summed E-state index contributed by atoms with van der Waals surface area (Å²) in [6.07, 6.45) is 2.32. The highest BCUT2D eigenvalue weighted by molar-refractivity contribution is 7.21. The molecule has 1 aromatic carbocycles. The number of amides is 1. The molecule has 4 nitrogen and oxygen atoms in total. The topological polar surface area (TPSA) is 45.5 Å². The van der Waals surface area contributed by atoms with Gasteiger partial charge in [-0.15, -0.1) is 11.3 Å². The molecule has 0 bridgehead atoms. The quantitative estimate of drug-likeness (QED) is 0.494. The summed E-state index contributed by atoms with van der Waals surface area (Å²) < 4.78 is 6.83. The van der Waals surface area contributed by atoms with E-state index in [1.54, 1.807) is 6.07 Å². The van der Waals surface area contributed by atoms with Crippen molar-refractivity contribution in [3.05, 3.63) is 56.8 Å². The number of fused-ring (bicyclic) bond motifs is 1. The molecule has 0 saturated carbocycles. The molecular weight excluding hydrogens is 427 g/mol. The van der Waals surface area contributed by atoms with Gasteiger partial charge < -0.3 is 9.73 Å². The lowest BCUT2D eigenvalue weighted by molar-refractivity contribution is 0.0898. The Morgan fingerprint density at radius 2 is 2.03 bits per heavy atom. The Morgan fingerprint density at radius 1 is 1.28 bits per heavy atom. The molecule has 2 aromatic heterocycles. The first kappa shape index (κ1) is 20.7. The molecule has 7 heteroatoms. The SMILES string of the molecule is Cc1ccc([C@@H](CNC(=O)c2sc3cc(Cl)ccc3c2Cl)N2CCC(C)CC2)o1. The van der Waals surface area contributed by atoms with Crippen LogP contribution in [0.4, 0.5) is 0 Å². The lowest BCUT2D eigenvalue weighted by atomic mass is 9.97. The molecule has 1 aliphatic heterocycles. The van der Waals surface area contributed by atoms with Crippen molar-refractivity contribution in [2.45, 2.75) is 32.7 Å². The number of nitrogens with zero attached hydrogens (tertiary/aromatic N) is 1. The third-order valence-electron chi connectivity index (χ3n) is 5.60. The first-order valence-corrected chi connectivity index (χ1v) is 11.5. The Morgan fingerprint density at radius 3 is 2.72 bits per heavy atom. The summed E-state index contributed by atoms with van der Waals surface area (Å²) in [6.45, 7) is 6.72. The molecule has 1 fully saturated rings. The average molecular weight is 451 g/mol. The van der Waals surface area contributed by atoms with E-state index in [-0.39, 0.29) is 11.9 Å².